The number of aromatic nitrogens is 4. The first-order chi connectivity index (χ1) is 20.5. The zero-order valence-electron chi connectivity index (χ0n) is 22.8. The van der Waals surface area contributed by atoms with Gasteiger partial charge in [-0.25, -0.2) is 14.8 Å². The molecule has 6 rings (SSSR count). The predicted octanol–water partition coefficient (Wildman–Crippen LogP) is 5.31. The summed E-state index contributed by atoms with van der Waals surface area (Å²) < 4.78 is 2.10. The Morgan fingerprint density at radius 1 is 1.02 bits per heavy atom. The van der Waals surface area contributed by atoms with Gasteiger partial charge in [0.1, 0.15) is 11.5 Å². The fourth-order valence-electron chi connectivity index (χ4n) is 5.47. The second kappa shape index (κ2) is 12.0. The Hall–Kier alpha value is -4.72. The first-order valence-corrected chi connectivity index (χ1v) is 14.7. The van der Waals surface area contributed by atoms with Gasteiger partial charge in [-0.05, 0) is 74.0 Å². The minimum atomic E-state index is -0.959. The largest absolute Gasteiger partial charge is 0.478 e. The highest BCUT2D eigenvalue weighted by Crippen LogP contribution is 2.29. The lowest BCUT2D eigenvalue weighted by molar-refractivity contribution is 0.0696. The van der Waals surface area contributed by atoms with Gasteiger partial charge in [-0.3, -0.25) is 14.7 Å². The SMILES string of the molecule is N#Cc1ccc(CC(=O)c2cccc(C3CCN(Cc4nc5ccc(C(=O)O)cc5n4Cc4cncs4)CC3)n2)cc1. The maximum atomic E-state index is 13.0. The smallest absolute Gasteiger partial charge is 0.335 e. The van der Waals surface area contributed by atoms with E-state index < -0.39 is 5.97 Å². The Kier molecular flexibility index (Phi) is 7.86. The van der Waals surface area contributed by atoms with Gasteiger partial charge in [-0.15, -0.1) is 11.3 Å². The maximum absolute atomic E-state index is 13.0. The van der Waals surface area contributed by atoms with Gasteiger partial charge in [0.15, 0.2) is 5.78 Å². The van der Waals surface area contributed by atoms with E-state index in [2.05, 4.69) is 20.5 Å². The summed E-state index contributed by atoms with van der Waals surface area (Å²) >= 11 is 1.57. The molecule has 10 heteroatoms. The van der Waals surface area contributed by atoms with Gasteiger partial charge < -0.3 is 9.67 Å². The van der Waals surface area contributed by atoms with Crippen LogP contribution >= 0.6 is 11.3 Å². The molecule has 1 saturated heterocycles. The zero-order chi connectivity index (χ0) is 29.1. The molecule has 2 aromatic carbocycles. The molecular weight excluding hydrogens is 548 g/mol. The van der Waals surface area contributed by atoms with E-state index in [1.807, 2.05) is 30.5 Å². The van der Waals surface area contributed by atoms with Crippen LogP contribution in [0.1, 0.15) is 67.1 Å². The van der Waals surface area contributed by atoms with Crippen molar-refractivity contribution in [3.05, 3.63) is 111 Å². The van der Waals surface area contributed by atoms with Gasteiger partial charge >= 0.3 is 5.97 Å². The van der Waals surface area contributed by atoms with Crippen molar-refractivity contribution in [1.82, 2.24) is 24.4 Å². The third-order valence-electron chi connectivity index (χ3n) is 7.75. The lowest BCUT2D eigenvalue weighted by atomic mass is 9.92. The molecule has 42 heavy (non-hydrogen) atoms. The number of carbonyl (C=O) groups is 2. The van der Waals surface area contributed by atoms with Gasteiger partial charge in [-0.2, -0.15) is 5.26 Å². The van der Waals surface area contributed by atoms with E-state index in [-0.39, 0.29) is 23.7 Å². The third kappa shape index (κ3) is 5.98. The number of Topliss-reactive ketones (excluding diaryl/α,β-unsaturated/α-hetero) is 1. The van der Waals surface area contributed by atoms with Crippen molar-refractivity contribution in [2.45, 2.75) is 38.3 Å². The number of thiazole rings is 1. The molecule has 4 heterocycles. The quantitative estimate of drug-likeness (QED) is 0.234. The number of imidazole rings is 1. The Bertz CT molecular complexity index is 1780. The van der Waals surface area contributed by atoms with E-state index in [1.165, 1.54) is 0 Å². The van der Waals surface area contributed by atoms with Crippen molar-refractivity contribution in [1.29, 1.82) is 5.26 Å². The van der Waals surface area contributed by atoms with Crippen molar-refractivity contribution in [3.8, 4) is 6.07 Å². The normalized spacial score (nSPS) is 14.2. The van der Waals surface area contributed by atoms with Crippen LogP contribution in [0.3, 0.4) is 0 Å². The van der Waals surface area contributed by atoms with Crippen LogP contribution in [0, 0.1) is 11.3 Å². The summed E-state index contributed by atoms with van der Waals surface area (Å²) in [6.07, 6.45) is 3.91. The predicted molar refractivity (Wildman–Crippen MR) is 159 cm³/mol. The average Bonchev–Trinajstić information content (AvgIpc) is 3.66. The number of carboxylic acids is 1. The van der Waals surface area contributed by atoms with E-state index >= 15 is 0 Å². The average molecular weight is 577 g/mol. The number of fused-ring (bicyclic) bond motifs is 1. The number of pyridine rings is 1. The number of aromatic carboxylic acids is 1. The number of carbonyl (C=O) groups excluding carboxylic acids is 1. The molecule has 0 bridgehead atoms. The van der Waals surface area contributed by atoms with Crippen molar-refractivity contribution in [2.75, 3.05) is 13.1 Å². The number of benzene rings is 2. The van der Waals surface area contributed by atoms with E-state index in [4.69, 9.17) is 15.2 Å². The summed E-state index contributed by atoms with van der Waals surface area (Å²) in [4.78, 5) is 41.9. The molecular formula is C32H28N6O3S. The molecule has 3 aromatic heterocycles. The Morgan fingerprint density at radius 3 is 2.55 bits per heavy atom. The Labute approximate surface area is 246 Å². The molecule has 9 nitrogen and oxygen atoms in total. The fourth-order valence-corrected chi connectivity index (χ4v) is 6.06. The summed E-state index contributed by atoms with van der Waals surface area (Å²) in [6, 6.07) is 19.9. The van der Waals surface area contributed by atoms with Crippen molar-refractivity contribution < 1.29 is 14.7 Å². The standard InChI is InChI=1S/C32H28N6O3S/c33-16-22-6-4-21(5-7-22)14-30(39)28-3-1-2-26(35-28)23-10-12-37(13-11-23)19-31-36-27-9-8-24(32(40)41)15-29(27)38(31)18-25-17-34-20-42-25/h1-9,15,17,20,23H,10-14,18-19H2,(H,40,41). The topological polar surface area (TPSA) is 125 Å². The molecule has 1 fully saturated rings. The van der Waals surface area contributed by atoms with Crippen molar-refractivity contribution >= 4 is 34.1 Å². The second-order valence-electron chi connectivity index (χ2n) is 10.5. The van der Waals surface area contributed by atoms with E-state index in [0.717, 1.165) is 58.9 Å². The second-order valence-corrected chi connectivity index (χ2v) is 11.5. The van der Waals surface area contributed by atoms with Crippen molar-refractivity contribution in [2.24, 2.45) is 0 Å². The van der Waals surface area contributed by atoms with Gasteiger partial charge in [0, 0.05) is 29.1 Å². The highest BCUT2D eigenvalue weighted by Gasteiger charge is 2.24. The molecule has 1 aliphatic heterocycles. The molecule has 1 aliphatic rings. The highest BCUT2D eigenvalue weighted by atomic mass is 32.1. The van der Waals surface area contributed by atoms with Crippen LogP contribution in [0.25, 0.3) is 11.0 Å². The number of nitriles is 1. The Balaban J connectivity index is 1.14. The summed E-state index contributed by atoms with van der Waals surface area (Å²) in [7, 11) is 0. The number of ketones is 1. The number of likely N-dealkylation sites (tertiary alicyclic amines) is 1. The first kappa shape index (κ1) is 27.4. The molecule has 5 aromatic rings. The molecule has 210 valence electrons. The minimum Gasteiger partial charge on any atom is -0.478 e. The molecule has 0 amide bonds. The molecule has 0 radical (unpaired) electrons. The van der Waals surface area contributed by atoms with Crippen LogP contribution in [0.15, 0.2) is 72.4 Å². The van der Waals surface area contributed by atoms with E-state index in [9.17, 15) is 14.7 Å². The molecule has 0 unspecified atom stereocenters. The van der Waals surface area contributed by atoms with E-state index in [1.54, 1.807) is 53.2 Å². The summed E-state index contributed by atoms with van der Waals surface area (Å²) in [6.45, 7) is 2.96. The lowest BCUT2D eigenvalue weighted by Crippen LogP contribution is -2.33. The maximum Gasteiger partial charge on any atom is 0.335 e. The summed E-state index contributed by atoms with van der Waals surface area (Å²) in [5, 5.41) is 18.5. The van der Waals surface area contributed by atoms with Gasteiger partial charge in [0.2, 0.25) is 0 Å². The van der Waals surface area contributed by atoms with Crippen LogP contribution in [0.4, 0.5) is 0 Å². The van der Waals surface area contributed by atoms with E-state index in [0.29, 0.717) is 24.3 Å². The summed E-state index contributed by atoms with van der Waals surface area (Å²) in [5.74, 6) is 0.163. The number of carboxylic acid groups (broad SMARTS) is 1. The molecule has 0 aliphatic carbocycles. The fraction of sp³-hybridized carbons (Fsp3) is 0.250. The monoisotopic (exact) mass is 576 g/mol. The number of rotatable bonds is 9. The first-order valence-electron chi connectivity index (χ1n) is 13.8. The van der Waals surface area contributed by atoms with Crippen LogP contribution in [-0.4, -0.2) is 54.4 Å². The highest BCUT2D eigenvalue weighted by molar-refractivity contribution is 7.09. The van der Waals surface area contributed by atoms with Crippen LogP contribution in [0.5, 0.6) is 0 Å². The lowest BCUT2D eigenvalue weighted by Gasteiger charge is -2.31. The minimum absolute atomic E-state index is 0.0371. The molecule has 1 N–H and O–H groups in total. The number of hydrogen-bond donors (Lipinski definition) is 1. The Morgan fingerprint density at radius 2 is 1.83 bits per heavy atom. The van der Waals surface area contributed by atoms with Crippen LogP contribution in [0.2, 0.25) is 0 Å². The molecule has 0 saturated carbocycles. The molecule has 0 spiro atoms. The number of hydrogen-bond acceptors (Lipinski definition) is 8. The van der Waals surface area contributed by atoms with Crippen LogP contribution < -0.4 is 0 Å². The van der Waals surface area contributed by atoms with Crippen molar-refractivity contribution in [3.63, 3.8) is 0 Å². The van der Waals surface area contributed by atoms with Gasteiger partial charge in [-0.1, -0.05) is 18.2 Å². The molecule has 0 atom stereocenters. The third-order valence-corrected chi connectivity index (χ3v) is 8.51. The number of nitrogens with zero attached hydrogens (tertiary/aromatic N) is 6. The van der Waals surface area contributed by atoms with Crippen LogP contribution in [-0.2, 0) is 19.5 Å². The summed E-state index contributed by atoms with van der Waals surface area (Å²) in [5.41, 5.74) is 6.47. The van der Waals surface area contributed by atoms with Gasteiger partial charge in [0.05, 0.1) is 46.8 Å². The number of piperidine rings is 1. The zero-order valence-corrected chi connectivity index (χ0v) is 23.6. The van der Waals surface area contributed by atoms with Gasteiger partial charge in [0.25, 0.3) is 0 Å².